The summed E-state index contributed by atoms with van der Waals surface area (Å²) < 4.78 is 5.99. The van der Waals surface area contributed by atoms with E-state index in [2.05, 4.69) is 31.2 Å². The topological polar surface area (TPSA) is 64.1 Å². The fraction of sp³-hybridized carbons (Fsp3) is 0.105. The molecule has 3 rings (SSSR count). The van der Waals surface area contributed by atoms with Crippen molar-refractivity contribution in [2.75, 3.05) is 12.4 Å². The van der Waals surface area contributed by atoms with Crippen LogP contribution in [0.25, 0.3) is 11.3 Å². The van der Waals surface area contributed by atoms with Crippen LogP contribution in [0.15, 0.2) is 59.2 Å². The van der Waals surface area contributed by atoms with Gasteiger partial charge in [-0.2, -0.15) is 0 Å². The highest BCUT2D eigenvalue weighted by molar-refractivity contribution is 9.10. The first kappa shape index (κ1) is 17.1. The van der Waals surface area contributed by atoms with Crippen molar-refractivity contribution in [1.82, 2.24) is 9.97 Å². The minimum absolute atomic E-state index is 0.224. The number of nitrogens with one attached hydrogen (secondary N) is 1. The Labute approximate surface area is 154 Å². The van der Waals surface area contributed by atoms with E-state index in [-0.39, 0.29) is 5.91 Å². The quantitative estimate of drug-likeness (QED) is 0.704. The van der Waals surface area contributed by atoms with E-state index in [1.807, 2.05) is 37.3 Å². The third kappa shape index (κ3) is 4.03. The van der Waals surface area contributed by atoms with Gasteiger partial charge >= 0.3 is 0 Å². The van der Waals surface area contributed by atoms with Crippen molar-refractivity contribution in [3.8, 4) is 17.1 Å². The number of anilines is 1. The lowest BCUT2D eigenvalue weighted by atomic mass is 10.1. The summed E-state index contributed by atoms with van der Waals surface area (Å²) in [6.07, 6.45) is 1.55. The monoisotopic (exact) mass is 397 g/mol. The maximum absolute atomic E-state index is 12.5. The van der Waals surface area contributed by atoms with Crippen LogP contribution in [0, 0.1) is 6.92 Å². The SMILES string of the molecule is COc1ccc(NC(=O)c2ccc(-c3cccc(Br)c3)nc2C)cn1. The van der Waals surface area contributed by atoms with E-state index in [0.717, 1.165) is 15.7 Å². The van der Waals surface area contributed by atoms with Gasteiger partial charge < -0.3 is 10.1 Å². The molecule has 0 bridgehead atoms. The van der Waals surface area contributed by atoms with Gasteiger partial charge in [0.1, 0.15) is 0 Å². The molecular formula is C19H16BrN3O2. The van der Waals surface area contributed by atoms with Crippen molar-refractivity contribution >= 4 is 27.5 Å². The third-order valence-corrected chi connectivity index (χ3v) is 4.15. The van der Waals surface area contributed by atoms with E-state index in [4.69, 9.17) is 4.74 Å². The predicted octanol–water partition coefficient (Wildman–Crippen LogP) is 4.48. The molecule has 6 heteroatoms. The largest absolute Gasteiger partial charge is 0.481 e. The molecule has 25 heavy (non-hydrogen) atoms. The molecule has 126 valence electrons. The van der Waals surface area contributed by atoms with Gasteiger partial charge in [0, 0.05) is 16.1 Å². The second kappa shape index (κ2) is 7.44. The molecule has 2 aromatic heterocycles. The van der Waals surface area contributed by atoms with Gasteiger partial charge in [-0.1, -0.05) is 28.1 Å². The van der Waals surface area contributed by atoms with Crippen molar-refractivity contribution in [2.45, 2.75) is 6.92 Å². The van der Waals surface area contributed by atoms with E-state index < -0.39 is 0 Å². The van der Waals surface area contributed by atoms with E-state index >= 15 is 0 Å². The van der Waals surface area contributed by atoms with Gasteiger partial charge in [0.05, 0.1) is 35.9 Å². The van der Waals surface area contributed by atoms with Gasteiger partial charge in [-0.25, -0.2) is 4.98 Å². The molecule has 1 aromatic carbocycles. The molecule has 0 radical (unpaired) electrons. The second-order valence-electron chi connectivity index (χ2n) is 5.38. The third-order valence-electron chi connectivity index (χ3n) is 3.65. The van der Waals surface area contributed by atoms with E-state index in [0.29, 0.717) is 22.8 Å². The summed E-state index contributed by atoms with van der Waals surface area (Å²) in [5.41, 5.74) is 3.59. The zero-order chi connectivity index (χ0) is 17.8. The summed E-state index contributed by atoms with van der Waals surface area (Å²) in [4.78, 5) is 21.1. The predicted molar refractivity (Wildman–Crippen MR) is 101 cm³/mol. The number of hydrogen-bond acceptors (Lipinski definition) is 4. The number of hydrogen-bond donors (Lipinski definition) is 1. The first-order valence-corrected chi connectivity index (χ1v) is 8.41. The zero-order valence-corrected chi connectivity index (χ0v) is 15.4. The number of rotatable bonds is 4. The van der Waals surface area contributed by atoms with Crippen LogP contribution in [0.4, 0.5) is 5.69 Å². The molecule has 0 saturated carbocycles. The molecule has 1 N–H and O–H groups in total. The lowest BCUT2D eigenvalue weighted by Crippen LogP contribution is -2.14. The summed E-state index contributed by atoms with van der Waals surface area (Å²) in [6, 6.07) is 14.9. The minimum Gasteiger partial charge on any atom is -0.481 e. The molecule has 0 fully saturated rings. The number of carbonyl (C=O) groups is 1. The Balaban J connectivity index is 1.81. The van der Waals surface area contributed by atoms with Gasteiger partial charge in [0.15, 0.2) is 0 Å². The van der Waals surface area contributed by atoms with E-state index in [1.165, 1.54) is 0 Å². The average Bonchev–Trinajstić information content (AvgIpc) is 2.62. The maximum atomic E-state index is 12.5. The Morgan fingerprint density at radius 1 is 1.16 bits per heavy atom. The van der Waals surface area contributed by atoms with Crippen molar-refractivity contribution < 1.29 is 9.53 Å². The van der Waals surface area contributed by atoms with Gasteiger partial charge in [0.25, 0.3) is 5.91 Å². The van der Waals surface area contributed by atoms with Crippen LogP contribution in [0.5, 0.6) is 5.88 Å². The summed E-state index contributed by atoms with van der Waals surface area (Å²) in [6.45, 7) is 1.82. The van der Waals surface area contributed by atoms with Crippen molar-refractivity contribution in [2.24, 2.45) is 0 Å². The van der Waals surface area contributed by atoms with E-state index in [1.54, 1.807) is 31.5 Å². The number of amides is 1. The summed E-state index contributed by atoms with van der Waals surface area (Å²) >= 11 is 3.46. The molecule has 3 aromatic rings. The average molecular weight is 398 g/mol. The highest BCUT2D eigenvalue weighted by atomic mass is 79.9. The fourth-order valence-electron chi connectivity index (χ4n) is 2.38. The zero-order valence-electron chi connectivity index (χ0n) is 13.8. The molecule has 0 aliphatic heterocycles. The Morgan fingerprint density at radius 2 is 2.00 bits per heavy atom. The van der Waals surface area contributed by atoms with Crippen LogP contribution in [0.3, 0.4) is 0 Å². The first-order valence-electron chi connectivity index (χ1n) is 7.62. The molecular weight excluding hydrogens is 382 g/mol. The van der Waals surface area contributed by atoms with Crippen LogP contribution in [-0.4, -0.2) is 23.0 Å². The van der Waals surface area contributed by atoms with Crippen molar-refractivity contribution in [3.05, 3.63) is 70.5 Å². The van der Waals surface area contributed by atoms with Gasteiger partial charge in [0.2, 0.25) is 5.88 Å². The standard InChI is InChI=1S/C19H16BrN3O2/c1-12-16(19(24)23-15-6-9-18(25-2)21-11-15)7-8-17(22-12)13-4-3-5-14(20)10-13/h3-11H,1-2H3,(H,23,24). The molecule has 5 nitrogen and oxygen atoms in total. The molecule has 0 saturated heterocycles. The number of carbonyl (C=O) groups excluding carboxylic acids is 1. The Kier molecular flexibility index (Phi) is 5.09. The number of pyridine rings is 2. The molecule has 2 heterocycles. The van der Waals surface area contributed by atoms with Crippen LogP contribution in [0.2, 0.25) is 0 Å². The first-order chi connectivity index (χ1) is 12.1. The molecule has 0 aliphatic rings. The number of nitrogens with zero attached hydrogens (tertiary/aromatic N) is 2. The van der Waals surface area contributed by atoms with Crippen molar-refractivity contribution in [1.29, 1.82) is 0 Å². The minimum atomic E-state index is -0.224. The molecule has 0 spiro atoms. The van der Waals surface area contributed by atoms with Gasteiger partial charge in [-0.05, 0) is 37.3 Å². The van der Waals surface area contributed by atoms with Crippen molar-refractivity contribution in [3.63, 3.8) is 0 Å². The van der Waals surface area contributed by atoms with Crippen LogP contribution in [0.1, 0.15) is 16.1 Å². The summed E-state index contributed by atoms with van der Waals surface area (Å²) in [5, 5.41) is 2.81. The second-order valence-corrected chi connectivity index (χ2v) is 6.30. The Morgan fingerprint density at radius 3 is 2.64 bits per heavy atom. The summed E-state index contributed by atoms with van der Waals surface area (Å²) in [5.74, 6) is 0.270. The molecule has 0 atom stereocenters. The van der Waals surface area contributed by atoms with Gasteiger partial charge in [-0.3, -0.25) is 9.78 Å². The maximum Gasteiger partial charge on any atom is 0.257 e. The fourth-order valence-corrected chi connectivity index (χ4v) is 2.78. The Bertz CT molecular complexity index is 911. The molecule has 0 aliphatic carbocycles. The van der Waals surface area contributed by atoms with Crippen LogP contribution in [-0.2, 0) is 0 Å². The number of aromatic nitrogens is 2. The number of benzene rings is 1. The lowest BCUT2D eigenvalue weighted by molar-refractivity contribution is 0.102. The number of methoxy groups -OCH3 is 1. The smallest absolute Gasteiger partial charge is 0.257 e. The van der Waals surface area contributed by atoms with Gasteiger partial charge in [-0.15, -0.1) is 0 Å². The van der Waals surface area contributed by atoms with Crippen LogP contribution < -0.4 is 10.1 Å². The molecule has 0 unspecified atom stereocenters. The number of halogens is 1. The lowest BCUT2D eigenvalue weighted by Gasteiger charge is -2.09. The summed E-state index contributed by atoms with van der Waals surface area (Å²) in [7, 11) is 1.54. The highest BCUT2D eigenvalue weighted by Crippen LogP contribution is 2.23. The van der Waals surface area contributed by atoms with Crippen LogP contribution >= 0.6 is 15.9 Å². The number of ether oxygens (including phenoxy) is 1. The molecule has 1 amide bonds. The number of aryl methyl sites for hydroxylation is 1. The highest BCUT2D eigenvalue weighted by Gasteiger charge is 2.12. The Hall–Kier alpha value is -2.73. The van der Waals surface area contributed by atoms with E-state index in [9.17, 15) is 4.79 Å². The normalized spacial score (nSPS) is 10.4.